The fourth-order valence-corrected chi connectivity index (χ4v) is 2.05. The van der Waals surface area contributed by atoms with E-state index in [1.807, 2.05) is 24.4 Å². The normalized spacial score (nSPS) is 10.4. The first-order chi connectivity index (χ1) is 6.66. The number of aromatic amines is 1. The molecule has 0 aliphatic carbocycles. The number of nitrogens with two attached hydrogens (primary N) is 1. The van der Waals surface area contributed by atoms with Crippen LogP contribution < -0.4 is 11.1 Å². The quantitative estimate of drug-likeness (QED) is 0.698. The minimum Gasteiger partial charge on any atom is -0.376 e. The molecule has 2 rings (SSSR count). The number of hydrogen-bond acceptors (Lipinski definition) is 1. The Morgan fingerprint density at radius 2 is 2.29 bits per heavy atom. The van der Waals surface area contributed by atoms with Crippen LogP contribution >= 0.6 is 28.1 Å². The van der Waals surface area contributed by atoms with Gasteiger partial charge in [0.15, 0.2) is 5.11 Å². The van der Waals surface area contributed by atoms with Crippen molar-refractivity contribution in [1.29, 1.82) is 0 Å². The van der Waals surface area contributed by atoms with Crippen molar-refractivity contribution >= 4 is 49.9 Å². The van der Waals surface area contributed by atoms with E-state index in [-0.39, 0.29) is 5.11 Å². The third-order valence-corrected chi connectivity index (χ3v) is 2.61. The standard InChI is InChI=1S/C9H8BrN3S/c10-7-4-6(13-9(11)14)3-5-1-2-12-8(5)7/h1-4,12H,(H3,11,13,14). The van der Waals surface area contributed by atoms with E-state index < -0.39 is 0 Å². The zero-order valence-electron chi connectivity index (χ0n) is 7.17. The molecule has 0 unspecified atom stereocenters. The number of rotatable bonds is 1. The Hall–Kier alpha value is -1.07. The molecule has 0 fully saturated rings. The summed E-state index contributed by atoms with van der Waals surface area (Å²) in [5.74, 6) is 0. The SMILES string of the molecule is NC(=S)Nc1cc(Br)c2[nH]ccc2c1. The van der Waals surface area contributed by atoms with E-state index in [0.29, 0.717) is 0 Å². The molecule has 2 aromatic rings. The molecule has 5 heteroatoms. The van der Waals surface area contributed by atoms with Crippen LogP contribution in [-0.4, -0.2) is 10.1 Å². The summed E-state index contributed by atoms with van der Waals surface area (Å²) in [6.45, 7) is 0. The molecule has 0 spiro atoms. The van der Waals surface area contributed by atoms with Crippen LogP contribution in [0, 0.1) is 0 Å². The minimum absolute atomic E-state index is 0.270. The van der Waals surface area contributed by atoms with Gasteiger partial charge in [0.1, 0.15) is 0 Å². The molecule has 0 aliphatic heterocycles. The summed E-state index contributed by atoms with van der Waals surface area (Å²) in [6.07, 6.45) is 1.89. The van der Waals surface area contributed by atoms with Gasteiger partial charge in [0.25, 0.3) is 0 Å². The third kappa shape index (κ3) is 1.73. The van der Waals surface area contributed by atoms with E-state index in [4.69, 9.17) is 18.0 Å². The molecular weight excluding hydrogens is 262 g/mol. The van der Waals surface area contributed by atoms with E-state index >= 15 is 0 Å². The van der Waals surface area contributed by atoms with Crippen LogP contribution in [0.3, 0.4) is 0 Å². The second kappa shape index (κ2) is 3.59. The predicted octanol–water partition coefficient (Wildman–Crippen LogP) is 2.59. The van der Waals surface area contributed by atoms with Gasteiger partial charge in [-0.2, -0.15) is 0 Å². The molecule has 0 radical (unpaired) electrons. The lowest BCUT2D eigenvalue weighted by Crippen LogP contribution is -2.18. The van der Waals surface area contributed by atoms with Crippen molar-refractivity contribution in [3.63, 3.8) is 0 Å². The van der Waals surface area contributed by atoms with Gasteiger partial charge in [-0.1, -0.05) is 0 Å². The molecule has 0 atom stereocenters. The highest BCUT2D eigenvalue weighted by molar-refractivity contribution is 9.10. The topological polar surface area (TPSA) is 53.8 Å². The minimum atomic E-state index is 0.270. The van der Waals surface area contributed by atoms with Crippen LogP contribution in [0.2, 0.25) is 0 Å². The third-order valence-electron chi connectivity index (χ3n) is 1.88. The second-order valence-corrected chi connectivity index (χ2v) is 4.18. The Balaban J connectivity index is 2.53. The highest BCUT2D eigenvalue weighted by Gasteiger charge is 2.02. The Kier molecular flexibility index (Phi) is 2.43. The maximum Gasteiger partial charge on any atom is 0.168 e. The lowest BCUT2D eigenvalue weighted by molar-refractivity contribution is 1.46. The van der Waals surface area contributed by atoms with Crippen molar-refractivity contribution in [2.75, 3.05) is 5.32 Å². The van der Waals surface area contributed by atoms with Gasteiger partial charge in [-0.25, -0.2) is 0 Å². The average Bonchev–Trinajstić information content (AvgIpc) is 2.50. The van der Waals surface area contributed by atoms with E-state index in [1.54, 1.807) is 0 Å². The number of anilines is 1. The molecule has 1 aromatic carbocycles. The number of halogens is 1. The fourth-order valence-electron chi connectivity index (χ4n) is 1.34. The molecule has 72 valence electrons. The summed E-state index contributed by atoms with van der Waals surface area (Å²) < 4.78 is 0.985. The summed E-state index contributed by atoms with van der Waals surface area (Å²) in [4.78, 5) is 3.13. The van der Waals surface area contributed by atoms with Crippen molar-refractivity contribution in [3.05, 3.63) is 28.9 Å². The number of thiocarbonyl (C=S) groups is 1. The van der Waals surface area contributed by atoms with Crippen LogP contribution in [0.25, 0.3) is 10.9 Å². The van der Waals surface area contributed by atoms with Crippen molar-refractivity contribution in [2.45, 2.75) is 0 Å². The maximum atomic E-state index is 5.39. The van der Waals surface area contributed by atoms with Crippen molar-refractivity contribution in [1.82, 2.24) is 4.98 Å². The summed E-state index contributed by atoms with van der Waals surface area (Å²) in [7, 11) is 0. The lowest BCUT2D eigenvalue weighted by Gasteiger charge is -2.04. The van der Waals surface area contributed by atoms with Gasteiger partial charge in [0.05, 0.1) is 5.52 Å². The molecular formula is C9H8BrN3S. The van der Waals surface area contributed by atoms with Gasteiger partial charge in [0.2, 0.25) is 0 Å². The smallest absolute Gasteiger partial charge is 0.168 e. The first-order valence-corrected chi connectivity index (χ1v) is 5.20. The molecule has 0 aliphatic rings. The maximum absolute atomic E-state index is 5.39. The lowest BCUT2D eigenvalue weighted by atomic mass is 10.2. The summed E-state index contributed by atoms with van der Waals surface area (Å²) in [6, 6.07) is 5.90. The van der Waals surface area contributed by atoms with Gasteiger partial charge < -0.3 is 16.0 Å². The highest BCUT2D eigenvalue weighted by atomic mass is 79.9. The van der Waals surface area contributed by atoms with Crippen molar-refractivity contribution < 1.29 is 0 Å². The van der Waals surface area contributed by atoms with E-state index in [0.717, 1.165) is 21.1 Å². The number of H-pyrrole nitrogens is 1. The molecule has 3 nitrogen and oxygen atoms in total. The Bertz CT molecular complexity index is 492. The molecule has 0 amide bonds. The highest BCUT2D eigenvalue weighted by Crippen LogP contribution is 2.26. The Morgan fingerprint density at radius 1 is 1.50 bits per heavy atom. The number of aromatic nitrogens is 1. The monoisotopic (exact) mass is 269 g/mol. The number of nitrogens with one attached hydrogen (secondary N) is 2. The number of benzene rings is 1. The van der Waals surface area contributed by atoms with Crippen molar-refractivity contribution in [3.8, 4) is 0 Å². The Morgan fingerprint density at radius 3 is 3.00 bits per heavy atom. The molecule has 1 aromatic heterocycles. The van der Waals surface area contributed by atoms with Crippen LogP contribution in [0.4, 0.5) is 5.69 Å². The van der Waals surface area contributed by atoms with Crippen LogP contribution in [0.15, 0.2) is 28.9 Å². The van der Waals surface area contributed by atoms with E-state index in [2.05, 4.69) is 26.2 Å². The first-order valence-electron chi connectivity index (χ1n) is 4.00. The summed E-state index contributed by atoms with van der Waals surface area (Å²) in [5.41, 5.74) is 7.34. The molecule has 1 heterocycles. The van der Waals surface area contributed by atoms with E-state index in [9.17, 15) is 0 Å². The fraction of sp³-hybridized carbons (Fsp3) is 0. The van der Waals surface area contributed by atoms with Gasteiger partial charge in [-0.15, -0.1) is 0 Å². The second-order valence-electron chi connectivity index (χ2n) is 2.89. The largest absolute Gasteiger partial charge is 0.376 e. The summed E-state index contributed by atoms with van der Waals surface area (Å²) in [5, 5.41) is 4.27. The van der Waals surface area contributed by atoms with Gasteiger partial charge >= 0.3 is 0 Å². The molecule has 0 bridgehead atoms. The summed E-state index contributed by atoms with van der Waals surface area (Å²) >= 11 is 8.23. The number of fused-ring (bicyclic) bond motifs is 1. The zero-order chi connectivity index (χ0) is 10.1. The van der Waals surface area contributed by atoms with Crippen LogP contribution in [-0.2, 0) is 0 Å². The first kappa shape index (κ1) is 9.48. The van der Waals surface area contributed by atoms with Gasteiger partial charge in [0, 0.05) is 21.7 Å². The molecule has 14 heavy (non-hydrogen) atoms. The average molecular weight is 270 g/mol. The number of hydrogen-bond donors (Lipinski definition) is 3. The van der Waals surface area contributed by atoms with Gasteiger partial charge in [-0.05, 0) is 46.3 Å². The molecule has 0 saturated carbocycles. The molecule has 4 N–H and O–H groups in total. The predicted molar refractivity (Wildman–Crippen MR) is 66.4 cm³/mol. The van der Waals surface area contributed by atoms with E-state index in [1.165, 1.54) is 0 Å². The van der Waals surface area contributed by atoms with Crippen molar-refractivity contribution in [2.24, 2.45) is 5.73 Å². The van der Waals surface area contributed by atoms with Crippen LogP contribution in [0.5, 0.6) is 0 Å². The van der Waals surface area contributed by atoms with Gasteiger partial charge in [-0.3, -0.25) is 0 Å². The zero-order valence-corrected chi connectivity index (χ0v) is 9.58. The molecule has 0 saturated heterocycles. The Labute approximate surface area is 94.8 Å². The van der Waals surface area contributed by atoms with Crippen LogP contribution in [0.1, 0.15) is 0 Å².